The molecule has 0 unspecified atom stereocenters. The fourth-order valence-electron chi connectivity index (χ4n) is 10.4. The molecule has 4 aromatic heterocycles. The first-order chi connectivity index (χ1) is 33.2. The molecule has 0 amide bonds. The molecule has 14 rings (SSSR count). The molecular formula is C62H38N4S. The van der Waals surface area contributed by atoms with E-state index in [1.165, 1.54) is 71.0 Å². The van der Waals surface area contributed by atoms with Crippen molar-refractivity contribution in [2.24, 2.45) is 0 Å². The number of fused-ring (bicyclic) bond motifs is 10. The Morgan fingerprint density at radius 1 is 0.343 bits per heavy atom. The molecule has 4 heterocycles. The lowest BCUT2D eigenvalue weighted by Crippen LogP contribution is -2.02. The first kappa shape index (κ1) is 37.7. The first-order valence-corrected chi connectivity index (χ1v) is 23.5. The zero-order chi connectivity index (χ0) is 44.0. The van der Waals surface area contributed by atoms with E-state index in [-0.39, 0.29) is 0 Å². The third-order valence-electron chi connectivity index (χ3n) is 13.6. The Kier molecular flexibility index (Phi) is 8.42. The third-order valence-corrected chi connectivity index (χ3v) is 14.7. The van der Waals surface area contributed by atoms with E-state index in [1.807, 2.05) is 0 Å². The lowest BCUT2D eigenvalue weighted by Gasteiger charge is -2.11. The molecule has 0 aliphatic heterocycles. The molecule has 0 bridgehead atoms. The Hall–Kier alpha value is -8.64. The van der Waals surface area contributed by atoms with Gasteiger partial charge in [-0.1, -0.05) is 176 Å². The number of para-hydroxylation sites is 2. The summed E-state index contributed by atoms with van der Waals surface area (Å²) in [4.78, 5) is 12.2. The summed E-state index contributed by atoms with van der Waals surface area (Å²) < 4.78 is 5.72. The number of benzene rings is 10. The Morgan fingerprint density at radius 2 is 0.925 bits per heavy atom. The van der Waals surface area contributed by atoms with Crippen LogP contribution in [0, 0.1) is 0 Å². The number of aromatic nitrogens is 4. The number of thiophene rings is 1. The van der Waals surface area contributed by atoms with Gasteiger partial charge in [0.2, 0.25) is 5.95 Å². The molecule has 0 N–H and O–H groups in total. The van der Waals surface area contributed by atoms with Crippen molar-refractivity contribution in [3.8, 4) is 55.6 Å². The standard InChI is InChI=1S/C62H38N4S/c1-3-16-42(17-4-1)58-38-53-61(67-58)60(43-28-26-41(27-29-43)48-24-13-18-39-14-7-9-21-47(39)48)64-62(63-53)66-56-34-32-45(37-52(56)59-49-22-10-8-15-40(49)30-35-57(59)66)44-31-33-55-51(36-44)50-23-11-12-25-54(50)65(55)46-19-5-2-6-20-46/h1-38H. The van der Waals surface area contributed by atoms with Crippen LogP contribution in [0.2, 0.25) is 0 Å². The van der Waals surface area contributed by atoms with Gasteiger partial charge in [-0.3, -0.25) is 4.57 Å². The zero-order valence-electron chi connectivity index (χ0n) is 36.1. The second-order valence-corrected chi connectivity index (χ2v) is 18.4. The van der Waals surface area contributed by atoms with Crippen molar-refractivity contribution < 1.29 is 0 Å². The highest BCUT2D eigenvalue weighted by Crippen LogP contribution is 2.43. The van der Waals surface area contributed by atoms with Gasteiger partial charge in [-0.25, -0.2) is 9.97 Å². The van der Waals surface area contributed by atoms with Gasteiger partial charge in [0.05, 0.1) is 38.0 Å². The van der Waals surface area contributed by atoms with Gasteiger partial charge in [0, 0.05) is 37.7 Å². The van der Waals surface area contributed by atoms with Crippen LogP contribution in [0.25, 0.3) is 131 Å². The van der Waals surface area contributed by atoms with Crippen LogP contribution in [-0.4, -0.2) is 19.1 Å². The fourth-order valence-corrected chi connectivity index (χ4v) is 11.5. The van der Waals surface area contributed by atoms with Crippen LogP contribution < -0.4 is 0 Å². The summed E-state index contributed by atoms with van der Waals surface area (Å²) in [5.41, 5.74) is 14.5. The molecule has 0 radical (unpaired) electrons. The zero-order valence-corrected chi connectivity index (χ0v) is 37.0. The quantitative estimate of drug-likeness (QED) is 0.167. The maximum Gasteiger partial charge on any atom is 0.235 e. The molecular weight excluding hydrogens is 833 g/mol. The van der Waals surface area contributed by atoms with Crippen LogP contribution in [0.1, 0.15) is 0 Å². The summed E-state index contributed by atoms with van der Waals surface area (Å²) in [6.45, 7) is 0. The van der Waals surface area contributed by atoms with E-state index >= 15 is 0 Å². The van der Waals surface area contributed by atoms with Gasteiger partial charge in [0.15, 0.2) is 0 Å². The van der Waals surface area contributed by atoms with E-state index in [0.717, 1.165) is 54.0 Å². The molecule has 0 spiro atoms. The topological polar surface area (TPSA) is 35.6 Å². The van der Waals surface area contributed by atoms with Crippen molar-refractivity contribution in [3.05, 3.63) is 231 Å². The highest BCUT2D eigenvalue weighted by atomic mass is 32.1. The molecule has 14 aromatic rings. The van der Waals surface area contributed by atoms with E-state index in [1.54, 1.807) is 11.3 Å². The van der Waals surface area contributed by atoms with Crippen LogP contribution in [0.3, 0.4) is 0 Å². The summed E-state index contributed by atoms with van der Waals surface area (Å²) in [7, 11) is 0. The SMILES string of the molecule is c1ccc(-c2cc3nc(-n4c5ccc(-c6ccc7c(c6)c6ccccc6n7-c6ccccc6)cc5c5c6ccccc6ccc54)nc(-c4ccc(-c5cccc6ccccc56)cc4)c3s2)cc1. The van der Waals surface area contributed by atoms with Crippen molar-refractivity contribution in [1.82, 2.24) is 19.1 Å². The van der Waals surface area contributed by atoms with Crippen LogP contribution in [0.4, 0.5) is 0 Å². The molecule has 0 saturated heterocycles. The van der Waals surface area contributed by atoms with Crippen LogP contribution in [0.15, 0.2) is 231 Å². The van der Waals surface area contributed by atoms with Gasteiger partial charge in [0.25, 0.3) is 0 Å². The Balaban J connectivity index is 0.978. The van der Waals surface area contributed by atoms with Crippen LogP contribution in [-0.2, 0) is 0 Å². The highest BCUT2D eigenvalue weighted by Gasteiger charge is 2.22. The Labute approximate surface area is 389 Å². The van der Waals surface area contributed by atoms with Crippen LogP contribution in [0.5, 0.6) is 0 Å². The molecule has 5 heteroatoms. The van der Waals surface area contributed by atoms with Crippen molar-refractivity contribution in [1.29, 1.82) is 0 Å². The van der Waals surface area contributed by atoms with Crippen molar-refractivity contribution in [2.75, 3.05) is 0 Å². The molecule has 4 nitrogen and oxygen atoms in total. The minimum atomic E-state index is 0.649. The van der Waals surface area contributed by atoms with E-state index < -0.39 is 0 Å². The van der Waals surface area contributed by atoms with Crippen molar-refractivity contribution >= 4 is 86.7 Å². The molecule has 0 aliphatic rings. The van der Waals surface area contributed by atoms with Gasteiger partial charge in [0.1, 0.15) is 0 Å². The normalized spacial score (nSPS) is 11.9. The second kappa shape index (κ2) is 15.0. The molecule has 312 valence electrons. The van der Waals surface area contributed by atoms with E-state index in [0.29, 0.717) is 5.95 Å². The molecule has 0 aliphatic carbocycles. The monoisotopic (exact) mass is 870 g/mol. The minimum absolute atomic E-state index is 0.649. The molecule has 10 aromatic carbocycles. The lowest BCUT2D eigenvalue weighted by molar-refractivity contribution is 1.02. The maximum atomic E-state index is 5.58. The molecule has 0 saturated carbocycles. The van der Waals surface area contributed by atoms with Gasteiger partial charge in [-0.15, -0.1) is 11.3 Å². The van der Waals surface area contributed by atoms with Crippen molar-refractivity contribution in [3.63, 3.8) is 0 Å². The number of hydrogen-bond acceptors (Lipinski definition) is 3. The van der Waals surface area contributed by atoms with E-state index in [4.69, 9.17) is 9.97 Å². The molecule has 0 fully saturated rings. The number of nitrogens with zero attached hydrogens (tertiary/aromatic N) is 4. The predicted molar refractivity (Wildman–Crippen MR) is 283 cm³/mol. The first-order valence-electron chi connectivity index (χ1n) is 22.7. The van der Waals surface area contributed by atoms with Gasteiger partial charge in [-0.05, 0) is 104 Å². The van der Waals surface area contributed by atoms with Gasteiger partial charge in [-0.2, -0.15) is 0 Å². The third kappa shape index (κ3) is 5.99. The Bertz CT molecular complexity index is 4250. The minimum Gasteiger partial charge on any atom is -0.309 e. The van der Waals surface area contributed by atoms with Crippen molar-refractivity contribution in [2.45, 2.75) is 0 Å². The summed E-state index contributed by atoms with van der Waals surface area (Å²) in [6.07, 6.45) is 0. The summed E-state index contributed by atoms with van der Waals surface area (Å²) in [6, 6.07) is 83.3. The number of rotatable bonds is 6. The summed E-state index contributed by atoms with van der Waals surface area (Å²) >= 11 is 1.75. The summed E-state index contributed by atoms with van der Waals surface area (Å²) in [5.74, 6) is 0.649. The largest absolute Gasteiger partial charge is 0.309 e. The number of hydrogen-bond donors (Lipinski definition) is 0. The van der Waals surface area contributed by atoms with E-state index in [2.05, 4.69) is 240 Å². The molecule has 67 heavy (non-hydrogen) atoms. The van der Waals surface area contributed by atoms with Gasteiger partial charge < -0.3 is 4.57 Å². The average molecular weight is 871 g/mol. The molecule has 0 atom stereocenters. The lowest BCUT2D eigenvalue weighted by atomic mass is 9.97. The van der Waals surface area contributed by atoms with Gasteiger partial charge >= 0.3 is 0 Å². The highest BCUT2D eigenvalue weighted by molar-refractivity contribution is 7.22. The average Bonchev–Trinajstić information content (AvgIpc) is 4.09. The second-order valence-electron chi connectivity index (χ2n) is 17.3. The Morgan fingerprint density at radius 3 is 1.72 bits per heavy atom. The predicted octanol–water partition coefficient (Wildman–Crippen LogP) is 16.9. The maximum absolute atomic E-state index is 5.58. The van der Waals surface area contributed by atoms with Crippen LogP contribution >= 0.6 is 11.3 Å². The van der Waals surface area contributed by atoms with E-state index in [9.17, 15) is 0 Å². The fraction of sp³-hybridized carbons (Fsp3) is 0. The smallest absolute Gasteiger partial charge is 0.235 e. The summed E-state index contributed by atoms with van der Waals surface area (Å²) in [5, 5.41) is 9.70.